The first-order valence-electron chi connectivity index (χ1n) is 10.8. The number of unbranched alkanes of at least 4 members (excludes halogenated alkanes) is 2. The molecule has 0 fully saturated rings. The zero-order valence-electron chi connectivity index (χ0n) is 18.0. The monoisotopic (exact) mass is 394 g/mol. The fourth-order valence-corrected chi connectivity index (χ4v) is 3.23. The molecular formula is C25H34N2O2. The molecular weight excluding hydrogens is 360 g/mol. The molecule has 0 aliphatic carbocycles. The van der Waals surface area contributed by atoms with E-state index in [1.807, 2.05) is 55.5 Å². The smallest absolute Gasteiger partial charge is 0.228 e. The van der Waals surface area contributed by atoms with Crippen LogP contribution in [0.4, 0.5) is 0 Å². The molecule has 2 rings (SSSR count). The van der Waals surface area contributed by atoms with Gasteiger partial charge in [-0.25, -0.2) is 0 Å². The molecule has 0 aliphatic rings. The minimum absolute atomic E-state index is 0.00712. The topological polar surface area (TPSA) is 49.4 Å². The minimum atomic E-state index is -0.308. The Morgan fingerprint density at radius 3 is 2.14 bits per heavy atom. The zero-order chi connectivity index (χ0) is 21.1. The number of nitrogens with zero attached hydrogens (tertiary/aromatic N) is 1. The molecule has 2 aromatic carbocycles. The summed E-state index contributed by atoms with van der Waals surface area (Å²) in [5.41, 5.74) is 2.13. The van der Waals surface area contributed by atoms with E-state index in [2.05, 4.69) is 24.1 Å². The SMILES string of the molecule is CCCCN(CCCC)CNC(=O)C(C)c1cccc(C(=O)c2ccccc2)c1. The lowest BCUT2D eigenvalue weighted by molar-refractivity contribution is -0.122. The Hall–Kier alpha value is -2.46. The Morgan fingerprint density at radius 2 is 1.52 bits per heavy atom. The van der Waals surface area contributed by atoms with E-state index in [0.717, 1.165) is 44.3 Å². The summed E-state index contributed by atoms with van der Waals surface area (Å²) in [6, 6.07) is 16.6. The van der Waals surface area contributed by atoms with E-state index in [-0.39, 0.29) is 17.6 Å². The van der Waals surface area contributed by atoms with E-state index in [4.69, 9.17) is 0 Å². The first-order chi connectivity index (χ1) is 14.1. The maximum absolute atomic E-state index is 12.7. The van der Waals surface area contributed by atoms with Crippen LogP contribution in [0.15, 0.2) is 54.6 Å². The van der Waals surface area contributed by atoms with Crippen molar-refractivity contribution in [3.05, 3.63) is 71.3 Å². The average molecular weight is 395 g/mol. The van der Waals surface area contributed by atoms with Crippen LogP contribution in [0.2, 0.25) is 0 Å². The van der Waals surface area contributed by atoms with E-state index >= 15 is 0 Å². The van der Waals surface area contributed by atoms with Gasteiger partial charge < -0.3 is 5.32 Å². The van der Waals surface area contributed by atoms with Gasteiger partial charge in [0, 0.05) is 11.1 Å². The minimum Gasteiger partial charge on any atom is -0.343 e. The quantitative estimate of drug-likeness (QED) is 0.407. The highest BCUT2D eigenvalue weighted by Crippen LogP contribution is 2.19. The van der Waals surface area contributed by atoms with Crippen molar-refractivity contribution in [3.63, 3.8) is 0 Å². The molecule has 0 heterocycles. The summed E-state index contributed by atoms with van der Waals surface area (Å²) in [6.45, 7) is 8.85. The second-order valence-corrected chi connectivity index (χ2v) is 7.57. The number of rotatable bonds is 12. The molecule has 4 heteroatoms. The summed E-state index contributed by atoms with van der Waals surface area (Å²) in [5, 5.41) is 3.08. The molecule has 2 aromatic rings. The van der Waals surface area contributed by atoms with Gasteiger partial charge in [0.1, 0.15) is 0 Å². The Balaban J connectivity index is 2.00. The molecule has 0 aliphatic heterocycles. The molecule has 0 bridgehead atoms. The molecule has 0 aromatic heterocycles. The van der Waals surface area contributed by atoms with Crippen LogP contribution < -0.4 is 5.32 Å². The van der Waals surface area contributed by atoms with E-state index in [1.54, 1.807) is 6.07 Å². The van der Waals surface area contributed by atoms with Crippen molar-refractivity contribution < 1.29 is 9.59 Å². The van der Waals surface area contributed by atoms with Gasteiger partial charge in [-0.05, 0) is 44.5 Å². The van der Waals surface area contributed by atoms with Crippen LogP contribution in [0.25, 0.3) is 0 Å². The van der Waals surface area contributed by atoms with Crippen molar-refractivity contribution >= 4 is 11.7 Å². The van der Waals surface area contributed by atoms with E-state index < -0.39 is 0 Å². The number of ketones is 1. The second-order valence-electron chi connectivity index (χ2n) is 7.57. The molecule has 1 N–H and O–H groups in total. The number of hydrogen-bond donors (Lipinski definition) is 1. The predicted molar refractivity (Wildman–Crippen MR) is 119 cm³/mol. The van der Waals surface area contributed by atoms with Gasteiger partial charge >= 0.3 is 0 Å². The summed E-state index contributed by atoms with van der Waals surface area (Å²) < 4.78 is 0. The molecule has 0 saturated carbocycles. The van der Waals surface area contributed by atoms with Gasteiger partial charge in [-0.2, -0.15) is 0 Å². The average Bonchev–Trinajstić information content (AvgIpc) is 2.78. The summed E-state index contributed by atoms with van der Waals surface area (Å²) in [6.07, 6.45) is 4.57. The molecule has 4 nitrogen and oxygen atoms in total. The van der Waals surface area contributed by atoms with Gasteiger partial charge in [-0.1, -0.05) is 75.2 Å². The third-order valence-electron chi connectivity index (χ3n) is 5.21. The van der Waals surface area contributed by atoms with Crippen LogP contribution in [0.1, 0.15) is 73.9 Å². The van der Waals surface area contributed by atoms with Crippen molar-refractivity contribution in [3.8, 4) is 0 Å². The van der Waals surface area contributed by atoms with Gasteiger partial charge in [0.25, 0.3) is 0 Å². The summed E-state index contributed by atoms with van der Waals surface area (Å²) in [5.74, 6) is -0.338. The molecule has 1 unspecified atom stereocenters. The summed E-state index contributed by atoms with van der Waals surface area (Å²) in [4.78, 5) is 27.7. The van der Waals surface area contributed by atoms with Gasteiger partial charge in [-0.15, -0.1) is 0 Å². The maximum Gasteiger partial charge on any atom is 0.228 e. The molecule has 0 spiro atoms. The molecule has 1 amide bonds. The van der Waals surface area contributed by atoms with Gasteiger partial charge in [0.2, 0.25) is 5.91 Å². The fourth-order valence-electron chi connectivity index (χ4n) is 3.23. The first-order valence-corrected chi connectivity index (χ1v) is 10.8. The Morgan fingerprint density at radius 1 is 0.897 bits per heavy atom. The van der Waals surface area contributed by atoms with Crippen LogP contribution >= 0.6 is 0 Å². The number of carbonyl (C=O) groups is 2. The largest absolute Gasteiger partial charge is 0.343 e. The van der Waals surface area contributed by atoms with Crippen molar-refractivity contribution in [1.29, 1.82) is 0 Å². The molecule has 0 radical (unpaired) electrons. The van der Waals surface area contributed by atoms with Crippen molar-refractivity contribution in [1.82, 2.24) is 10.2 Å². The fraction of sp³-hybridized carbons (Fsp3) is 0.440. The van der Waals surface area contributed by atoms with Crippen molar-refractivity contribution in [2.75, 3.05) is 19.8 Å². The number of hydrogen-bond acceptors (Lipinski definition) is 3. The normalized spacial score (nSPS) is 12.0. The number of nitrogens with one attached hydrogen (secondary N) is 1. The van der Waals surface area contributed by atoms with Crippen LogP contribution in [-0.2, 0) is 4.79 Å². The third-order valence-corrected chi connectivity index (χ3v) is 5.21. The second kappa shape index (κ2) is 12.2. The van der Waals surface area contributed by atoms with Crippen LogP contribution in [0, 0.1) is 0 Å². The zero-order valence-corrected chi connectivity index (χ0v) is 18.0. The molecule has 0 saturated heterocycles. The lowest BCUT2D eigenvalue weighted by atomic mass is 9.95. The van der Waals surface area contributed by atoms with Crippen LogP contribution in [-0.4, -0.2) is 36.3 Å². The van der Waals surface area contributed by atoms with Gasteiger partial charge in [0.15, 0.2) is 5.78 Å². The van der Waals surface area contributed by atoms with Crippen LogP contribution in [0.5, 0.6) is 0 Å². The van der Waals surface area contributed by atoms with E-state index in [0.29, 0.717) is 17.8 Å². The third kappa shape index (κ3) is 7.13. The molecule has 29 heavy (non-hydrogen) atoms. The summed E-state index contributed by atoms with van der Waals surface area (Å²) in [7, 11) is 0. The van der Waals surface area contributed by atoms with E-state index in [9.17, 15) is 9.59 Å². The Bertz CT molecular complexity index is 765. The van der Waals surface area contributed by atoms with Gasteiger partial charge in [-0.3, -0.25) is 14.5 Å². The highest BCUT2D eigenvalue weighted by atomic mass is 16.2. The van der Waals surface area contributed by atoms with Crippen molar-refractivity contribution in [2.24, 2.45) is 0 Å². The lowest BCUT2D eigenvalue weighted by Crippen LogP contribution is -2.40. The Labute approximate surface area is 175 Å². The van der Waals surface area contributed by atoms with Gasteiger partial charge in [0.05, 0.1) is 12.6 Å². The maximum atomic E-state index is 12.7. The summed E-state index contributed by atoms with van der Waals surface area (Å²) >= 11 is 0. The predicted octanol–water partition coefficient (Wildman–Crippen LogP) is 5.00. The standard InChI is InChI=1S/C25H34N2O2/c1-4-6-16-27(17-7-5-2)19-26-25(29)20(3)22-14-11-15-23(18-22)24(28)21-12-9-8-10-13-21/h8-15,18,20H,4-7,16-17,19H2,1-3H3,(H,26,29). The lowest BCUT2D eigenvalue weighted by Gasteiger charge is -2.23. The number of amides is 1. The number of carbonyl (C=O) groups excluding carboxylic acids is 2. The highest BCUT2D eigenvalue weighted by molar-refractivity contribution is 6.09. The number of benzene rings is 2. The highest BCUT2D eigenvalue weighted by Gasteiger charge is 2.18. The first kappa shape index (κ1) is 22.8. The molecule has 1 atom stereocenters. The molecule has 156 valence electrons. The van der Waals surface area contributed by atoms with Crippen LogP contribution in [0.3, 0.4) is 0 Å². The van der Waals surface area contributed by atoms with E-state index in [1.165, 1.54) is 0 Å². The Kier molecular flexibility index (Phi) is 9.58. The van der Waals surface area contributed by atoms with Crippen molar-refractivity contribution in [2.45, 2.75) is 52.4 Å².